The Morgan fingerprint density at radius 3 is 2.75 bits per heavy atom. The van der Waals surface area contributed by atoms with E-state index in [2.05, 4.69) is 14.8 Å². The van der Waals surface area contributed by atoms with Gasteiger partial charge in [0.15, 0.2) is 5.13 Å². The Morgan fingerprint density at radius 2 is 2.05 bits per heavy atom. The second-order valence-electron chi connectivity index (χ2n) is 4.92. The number of aromatic nitrogens is 1. The Bertz CT molecular complexity index is 565. The minimum Gasteiger partial charge on any atom is -0.398 e. The predicted octanol–water partition coefficient (Wildman–Crippen LogP) is 2.19. The molecule has 1 aromatic carbocycles. The van der Waals surface area contributed by atoms with Crippen molar-refractivity contribution >= 4 is 22.2 Å². The van der Waals surface area contributed by atoms with Crippen molar-refractivity contribution in [2.75, 3.05) is 36.8 Å². The van der Waals surface area contributed by atoms with E-state index in [-0.39, 0.29) is 5.82 Å². The van der Waals surface area contributed by atoms with Gasteiger partial charge in [0.1, 0.15) is 5.82 Å². The third-order valence-electron chi connectivity index (χ3n) is 3.56. The summed E-state index contributed by atoms with van der Waals surface area (Å²) in [6.07, 6.45) is 1.83. The summed E-state index contributed by atoms with van der Waals surface area (Å²) in [6.45, 7) is 4.48. The zero-order valence-electron chi connectivity index (χ0n) is 11.1. The molecule has 1 fully saturated rings. The van der Waals surface area contributed by atoms with Gasteiger partial charge in [0.05, 0.1) is 0 Å². The number of rotatable bonds is 3. The normalized spacial score (nSPS) is 16.6. The summed E-state index contributed by atoms with van der Waals surface area (Å²) in [6, 6.07) is 4.57. The number of anilines is 2. The monoisotopic (exact) mass is 292 g/mol. The highest BCUT2D eigenvalue weighted by Crippen LogP contribution is 2.21. The molecule has 0 spiro atoms. The lowest BCUT2D eigenvalue weighted by molar-refractivity contribution is 0.250. The molecule has 1 aromatic heterocycles. The van der Waals surface area contributed by atoms with E-state index in [4.69, 9.17) is 5.73 Å². The number of hydrogen-bond acceptors (Lipinski definition) is 5. The fraction of sp³-hybridized carbons (Fsp3) is 0.357. The van der Waals surface area contributed by atoms with Gasteiger partial charge in [-0.25, -0.2) is 9.37 Å². The first kappa shape index (κ1) is 13.3. The summed E-state index contributed by atoms with van der Waals surface area (Å²) in [5.41, 5.74) is 7.43. The fourth-order valence-corrected chi connectivity index (χ4v) is 3.12. The molecule has 1 aliphatic rings. The van der Waals surface area contributed by atoms with Crippen LogP contribution in [0.3, 0.4) is 0 Å². The van der Waals surface area contributed by atoms with E-state index < -0.39 is 0 Å². The number of nitrogens with zero attached hydrogens (tertiary/aromatic N) is 3. The molecule has 0 aliphatic carbocycles. The average molecular weight is 292 g/mol. The van der Waals surface area contributed by atoms with Crippen LogP contribution in [0.25, 0.3) is 0 Å². The van der Waals surface area contributed by atoms with Crippen molar-refractivity contribution in [3.05, 3.63) is 41.2 Å². The average Bonchev–Trinajstić information content (AvgIpc) is 2.98. The highest BCUT2D eigenvalue weighted by atomic mass is 32.1. The maximum atomic E-state index is 13.3. The van der Waals surface area contributed by atoms with Crippen molar-refractivity contribution in [1.82, 2.24) is 9.88 Å². The van der Waals surface area contributed by atoms with Crippen LogP contribution in [0, 0.1) is 5.82 Å². The molecule has 6 heteroatoms. The van der Waals surface area contributed by atoms with E-state index >= 15 is 0 Å². The van der Waals surface area contributed by atoms with Gasteiger partial charge in [-0.05, 0) is 23.8 Å². The smallest absolute Gasteiger partial charge is 0.185 e. The zero-order chi connectivity index (χ0) is 13.9. The Morgan fingerprint density at radius 1 is 1.25 bits per heavy atom. The molecule has 0 unspecified atom stereocenters. The van der Waals surface area contributed by atoms with Gasteiger partial charge in [-0.1, -0.05) is 0 Å². The van der Waals surface area contributed by atoms with Gasteiger partial charge in [0.2, 0.25) is 0 Å². The van der Waals surface area contributed by atoms with Crippen molar-refractivity contribution in [2.45, 2.75) is 6.54 Å². The van der Waals surface area contributed by atoms with Gasteiger partial charge in [-0.2, -0.15) is 0 Å². The number of benzene rings is 1. The van der Waals surface area contributed by atoms with Crippen LogP contribution < -0.4 is 10.6 Å². The van der Waals surface area contributed by atoms with Gasteiger partial charge in [-0.15, -0.1) is 11.3 Å². The van der Waals surface area contributed by atoms with Crippen molar-refractivity contribution in [1.29, 1.82) is 0 Å². The SMILES string of the molecule is Nc1ccc(F)cc1CN1CCN(c2nccs2)CC1. The first-order valence-electron chi connectivity index (χ1n) is 6.63. The third kappa shape index (κ3) is 2.91. The van der Waals surface area contributed by atoms with Crippen LogP contribution in [0.2, 0.25) is 0 Å². The van der Waals surface area contributed by atoms with Crippen molar-refractivity contribution in [3.63, 3.8) is 0 Å². The Kier molecular flexibility index (Phi) is 3.84. The van der Waals surface area contributed by atoms with E-state index in [1.165, 1.54) is 12.1 Å². The second-order valence-corrected chi connectivity index (χ2v) is 5.79. The molecule has 2 aromatic rings. The second kappa shape index (κ2) is 5.76. The molecule has 2 N–H and O–H groups in total. The van der Waals surface area contributed by atoms with Crippen LogP contribution in [0.1, 0.15) is 5.56 Å². The summed E-state index contributed by atoms with van der Waals surface area (Å²) < 4.78 is 13.3. The molecule has 106 valence electrons. The molecule has 0 amide bonds. The lowest BCUT2D eigenvalue weighted by atomic mass is 10.1. The topological polar surface area (TPSA) is 45.4 Å². The number of nitrogen functional groups attached to an aromatic ring is 1. The maximum Gasteiger partial charge on any atom is 0.185 e. The van der Waals surface area contributed by atoms with Gasteiger partial charge in [0, 0.05) is 50.0 Å². The van der Waals surface area contributed by atoms with Crippen LogP contribution in [0.4, 0.5) is 15.2 Å². The van der Waals surface area contributed by atoms with Crippen molar-refractivity contribution < 1.29 is 4.39 Å². The highest BCUT2D eigenvalue weighted by molar-refractivity contribution is 7.13. The number of nitrogens with two attached hydrogens (primary N) is 1. The maximum absolute atomic E-state index is 13.3. The molecular weight excluding hydrogens is 275 g/mol. The summed E-state index contributed by atoms with van der Waals surface area (Å²) in [4.78, 5) is 8.92. The standard InChI is InChI=1S/C14H17FN4S/c15-12-1-2-13(16)11(9-12)10-18-4-6-19(7-5-18)14-17-3-8-20-14/h1-3,8-9H,4-7,10,16H2. The van der Waals surface area contributed by atoms with Gasteiger partial charge in [-0.3, -0.25) is 4.90 Å². The van der Waals surface area contributed by atoms with Crippen molar-refractivity contribution in [3.8, 4) is 0 Å². The minimum atomic E-state index is -0.226. The molecular formula is C14H17FN4S. The van der Waals surface area contributed by atoms with Crippen LogP contribution in [-0.2, 0) is 6.54 Å². The lowest BCUT2D eigenvalue weighted by Gasteiger charge is -2.34. The Balaban J connectivity index is 1.60. The van der Waals surface area contributed by atoms with Crippen LogP contribution in [0.5, 0.6) is 0 Å². The molecule has 0 atom stereocenters. The summed E-state index contributed by atoms with van der Waals surface area (Å²) in [5, 5.41) is 3.07. The minimum absolute atomic E-state index is 0.226. The molecule has 4 nitrogen and oxygen atoms in total. The number of piperazine rings is 1. The number of halogens is 1. The first-order valence-corrected chi connectivity index (χ1v) is 7.51. The van der Waals surface area contributed by atoms with E-state index in [0.29, 0.717) is 12.2 Å². The van der Waals surface area contributed by atoms with Crippen LogP contribution >= 0.6 is 11.3 Å². The van der Waals surface area contributed by atoms with Gasteiger partial charge >= 0.3 is 0 Å². The largest absolute Gasteiger partial charge is 0.398 e. The molecule has 20 heavy (non-hydrogen) atoms. The Hall–Kier alpha value is -1.66. The molecule has 2 heterocycles. The van der Waals surface area contributed by atoms with Crippen molar-refractivity contribution in [2.24, 2.45) is 0 Å². The van der Waals surface area contributed by atoms with E-state index in [9.17, 15) is 4.39 Å². The predicted molar refractivity (Wildman–Crippen MR) is 80.4 cm³/mol. The molecule has 1 saturated heterocycles. The molecule has 0 saturated carbocycles. The highest BCUT2D eigenvalue weighted by Gasteiger charge is 2.19. The summed E-state index contributed by atoms with van der Waals surface area (Å²) >= 11 is 1.67. The lowest BCUT2D eigenvalue weighted by Crippen LogP contribution is -2.46. The summed E-state index contributed by atoms with van der Waals surface area (Å²) in [5.74, 6) is -0.226. The quantitative estimate of drug-likeness (QED) is 0.881. The number of thiazole rings is 1. The first-order chi connectivity index (χ1) is 9.72. The third-order valence-corrected chi connectivity index (χ3v) is 4.39. The molecule has 0 bridgehead atoms. The molecule has 3 rings (SSSR count). The molecule has 1 aliphatic heterocycles. The van der Waals surface area contributed by atoms with Gasteiger partial charge < -0.3 is 10.6 Å². The van der Waals surface area contributed by atoms with Crippen LogP contribution in [-0.4, -0.2) is 36.1 Å². The van der Waals surface area contributed by atoms with E-state index in [0.717, 1.165) is 36.9 Å². The van der Waals surface area contributed by atoms with Crippen LogP contribution in [0.15, 0.2) is 29.8 Å². The summed E-state index contributed by atoms with van der Waals surface area (Å²) in [7, 11) is 0. The molecule has 0 radical (unpaired) electrons. The van der Waals surface area contributed by atoms with E-state index in [1.54, 1.807) is 17.4 Å². The fourth-order valence-electron chi connectivity index (χ4n) is 2.42. The number of hydrogen-bond donors (Lipinski definition) is 1. The van der Waals surface area contributed by atoms with Gasteiger partial charge in [0.25, 0.3) is 0 Å². The zero-order valence-corrected chi connectivity index (χ0v) is 11.9. The van der Waals surface area contributed by atoms with E-state index in [1.807, 2.05) is 11.6 Å². The Labute approximate surface area is 121 Å².